The van der Waals surface area contributed by atoms with Crippen LogP contribution in [0.25, 0.3) is 11.1 Å². The average Bonchev–Trinajstić information content (AvgIpc) is 3.21. The van der Waals surface area contributed by atoms with Crippen molar-refractivity contribution >= 4 is 17.0 Å². The first kappa shape index (κ1) is 19.7. The molecule has 30 heavy (non-hydrogen) atoms. The van der Waals surface area contributed by atoms with Gasteiger partial charge in [0.1, 0.15) is 6.04 Å². The van der Waals surface area contributed by atoms with E-state index in [1.165, 1.54) is 10.1 Å². The summed E-state index contributed by atoms with van der Waals surface area (Å²) in [5, 5.41) is 7.57. The van der Waals surface area contributed by atoms with E-state index in [0.29, 0.717) is 24.2 Å². The predicted octanol–water partition coefficient (Wildman–Crippen LogP) is 3.33. The summed E-state index contributed by atoms with van der Waals surface area (Å²) in [6.45, 7) is 6.65. The first-order valence-corrected chi connectivity index (χ1v) is 9.90. The zero-order valence-corrected chi connectivity index (χ0v) is 17.3. The first-order valence-electron chi connectivity index (χ1n) is 9.90. The maximum absolute atomic E-state index is 12.8. The van der Waals surface area contributed by atoms with Crippen molar-refractivity contribution in [2.24, 2.45) is 0 Å². The molecular formula is C23H24N4O3. The SMILES string of the molecule is Cc1nn(Cc2ccccc2)c(C)c1CNC(=O)C(C)n1c(=O)oc2ccccc21. The predicted molar refractivity (Wildman–Crippen MR) is 114 cm³/mol. The summed E-state index contributed by atoms with van der Waals surface area (Å²) >= 11 is 0. The van der Waals surface area contributed by atoms with E-state index in [0.717, 1.165) is 17.0 Å². The van der Waals surface area contributed by atoms with Crippen molar-refractivity contribution in [2.45, 2.75) is 39.9 Å². The minimum absolute atomic E-state index is 0.252. The van der Waals surface area contributed by atoms with E-state index in [1.807, 2.05) is 42.8 Å². The molecule has 0 aliphatic rings. The number of fused-ring (bicyclic) bond motifs is 1. The molecule has 7 heteroatoms. The van der Waals surface area contributed by atoms with E-state index in [9.17, 15) is 9.59 Å². The molecule has 154 valence electrons. The number of hydrogen-bond acceptors (Lipinski definition) is 4. The van der Waals surface area contributed by atoms with E-state index in [1.54, 1.807) is 25.1 Å². The Morgan fingerprint density at radius 1 is 1.10 bits per heavy atom. The number of benzene rings is 2. The molecule has 2 heterocycles. The molecule has 0 aliphatic carbocycles. The minimum atomic E-state index is -0.693. The molecule has 0 radical (unpaired) electrons. The lowest BCUT2D eigenvalue weighted by atomic mass is 10.2. The quantitative estimate of drug-likeness (QED) is 0.534. The number of nitrogens with one attached hydrogen (secondary N) is 1. The van der Waals surface area contributed by atoms with E-state index < -0.39 is 11.8 Å². The molecule has 1 amide bonds. The summed E-state index contributed by atoms with van der Waals surface area (Å²) in [7, 11) is 0. The van der Waals surface area contributed by atoms with Crippen molar-refractivity contribution in [1.29, 1.82) is 0 Å². The summed E-state index contributed by atoms with van der Waals surface area (Å²) in [6.07, 6.45) is 0. The number of rotatable bonds is 6. The summed E-state index contributed by atoms with van der Waals surface area (Å²) in [6, 6.07) is 16.5. The van der Waals surface area contributed by atoms with Crippen molar-refractivity contribution in [3.63, 3.8) is 0 Å². The Kier molecular flexibility index (Phi) is 5.27. The number of carbonyl (C=O) groups is 1. The molecule has 0 fully saturated rings. The van der Waals surface area contributed by atoms with E-state index >= 15 is 0 Å². The van der Waals surface area contributed by atoms with Gasteiger partial charge in [-0.2, -0.15) is 5.10 Å². The Morgan fingerprint density at radius 3 is 2.57 bits per heavy atom. The van der Waals surface area contributed by atoms with Crippen molar-refractivity contribution in [3.05, 3.63) is 87.7 Å². The van der Waals surface area contributed by atoms with Crippen molar-refractivity contribution in [3.8, 4) is 0 Å². The van der Waals surface area contributed by atoms with Crippen LogP contribution in [0.15, 0.2) is 63.8 Å². The molecule has 2 aromatic heterocycles. The molecule has 7 nitrogen and oxygen atoms in total. The Hall–Kier alpha value is -3.61. The Labute approximate surface area is 173 Å². The van der Waals surface area contributed by atoms with Gasteiger partial charge >= 0.3 is 5.76 Å². The molecule has 0 bridgehead atoms. The summed E-state index contributed by atoms with van der Waals surface area (Å²) < 4.78 is 8.57. The van der Waals surface area contributed by atoms with Gasteiger partial charge in [0.25, 0.3) is 0 Å². The average molecular weight is 404 g/mol. The Balaban J connectivity index is 1.50. The molecule has 1 N–H and O–H groups in total. The van der Waals surface area contributed by atoms with E-state index in [-0.39, 0.29) is 5.91 Å². The highest BCUT2D eigenvalue weighted by atomic mass is 16.4. The highest BCUT2D eigenvalue weighted by Crippen LogP contribution is 2.18. The molecule has 2 aromatic carbocycles. The zero-order valence-electron chi connectivity index (χ0n) is 17.3. The number of aromatic nitrogens is 3. The van der Waals surface area contributed by atoms with Gasteiger partial charge in [-0.05, 0) is 38.5 Å². The fourth-order valence-electron chi connectivity index (χ4n) is 3.69. The smallest absolute Gasteiger partial charge is 0.408 e. The number of oxazole rings is 1. The third-order valence-electron chi connectivity index (χ3n) is 5.43. The van der Waals surface area contributed by atoms with Gasteiger partial charge in [0.15, 0.2) is 5.58 Å². The van der Waals surface area contributed by atoms with Gasteiger partial charge in [-0.25, -0.2) is 4.79 Å². The molecule has 0 saturated heterocycles. The van der Waals surface area contributed by atoms with Crippen molar-refractivity contribution in [2.75, 3.05) is 0 Å². The van der Waals surface area contributed by atoms with Crippen LogP contribution in [-0.2, 0) is 17.9 Å². The van der Waals surface area contributed by atoms with E-state index in [4.69, 9.17) is 4.42 Å². The molecule has 0 spiro atoms. The van der Waals surface area contributed by atoms with Crippen LogP contribution in [0.2, 0.25) is 0 Å². The number of aryl methyl sites for hydroxylation is 1. The molecule has 0 saturated carbocycles. The van der Waals surface area contributed by atoms with Crippen LogP contribution in [0.5, 0.6) is 0 Å². The van der Waals surface area contributed by atoms with Crippen LogP contribution >= 0.6 is 0 Å². The number of nitrogens with zero attached hydrogens (tertiary/aromatic N) is 3. The molecule has 0 aliphatic heterocycles. The van der Waals surface area contributed by atoms with Gasteiger partial charge in [0, 0.05) is 17.8 Å². The van der Waals surface area contributed by atoms with Crippen LogP contribution in [-0.4, -0.2) is 20.3 Å². The highest BCUT2D eigenvalue weighted by molar-refractivity contribution is 5.82. The van der Waals surface area contributed by atoms with Crippen LogP contribution < -0.4 is 11.1 Å². The normalized spacial score (nSPS) is 12.2. The third-order valence-corrected chi connectivity index (χ3v) is 5.43. The molecule has 1 unspecified atom stereocenters. The lowest BCUT2D eigenvalue weighted by molar-refractivity contribution is -0.124. The van der Waals surface area contributed by atoms with Gasteiger partial charge < -0.3 is 9.73 Å². The molecular weight excluding hydrogens is 380 g/mol. The van der Waals surface area contributed by atoms with Gasteiger partial charge in [0.2, 0.25) is 5.91 Å². The first-order chi connectivity index (χ1) is 14.5. The Morgan fingerprint density at radius 2 is 1.80 bits per heavy atom. The van der Waals surface area contributed by atoms with Gasteiger partial charge in [-0.1, -0.05) is 42.5 Å². The lowest BCUT2D eigenvalue weighted by Gasteiger charge is -2.13. The minimum Gasteiger partial charge on any atom is -0.408 e. The fraction of sp³-hybridized carbons (Fsp3) is 0.261. The highest BCUT2D eigenvalue weighted by Gasteiger charge is 2.22. The molecule has 1 atom stereocenters. The number of hydrogen-bond donors (Lipinski definition) is 1. The van der Waals surface area contributed by atoms with Gasteiger partial charge in [-0.3, -0.25) is 14.0 Å². The van der Waals surface area contributed by atoms with Crippen LogP contribution in [0.1, 0.15) is 35.5 Å². The van der Waals surface area contributed by atoms with Crippen LogP contribution in [0.3, 0.4) is 0 Å². The van der Waals surface area contributed by atoms with E-state index in [2.05, 4.69) is 22.5 Å². The number of amides is 1. The number of carbonyl (C=O) groups excluding carboxylic acids is 1. The summed E-state index contributed by atoms with van der Waals surface area (Å²) in [5.74, 6) is -0.792. The maximum Gasteiger partial charge on any atom is 0.420 e. The van der Waals surface area contributed by atoms with Crippen molar-refractivity contribution in [1.82, 2.24) is 19.7 Å². The largest absolute Gasteiger partial charge is 0.420 e. The lowest BCUT2D eigenvalue weighted by Crippen LogP contribution is -2.34. The van der Waals surface area contributed by atoms with Gasteiger partial charge in [-0.15, -0.1) is 0 Å². The fourth-order valence-corrected chi connectivity index (χ4v) is 3.69. The number of para-hydroxylation sites is 2. The molecule has 4 aromatic rings. The third kappa shape index (κ3) is 3.66. The van der Waals surface area contributed by atoms with Gasteiger partial charge in [0.05, 0.1) is 17.8 Å². The monoisotopic (exact) mass is 404 g/mol. The molecule has 4 rings (SSSR count). The summed E-state index contributed by atoms with van der Waals surface area (Å²) in [4.78, 5) is 25.0. The second kappa shape index (κ2) is 8.02. The van der Waals surface area contributed by atoms with Crippen LogP contribution in [0.4, 0.5) is 0 Å². The topological polar surface area (TPSA) is 82.1 Å². The Bertz CT molecular complexity index is 1250. The second-order valence-corrected chi connectivity index (χ2v) is 7.39. The van der Waals surface area contributed by atoms with Crippen molar-refractivity contribution < 1.29 is 9.21 Å². The second-order valence-electron chi connectivity index (χ2n) is 7.39. The standard InChI is InChI=1S/C23H24N4O3/c1-15-19(16(2)26(25-15)14-18-9-5-4-6-10-18)13-24-22(28)17(3)27-20-11-7-8-12-21(20)30-23(27)29/h4-12,17H,13-14H2,1-3H3,(H,24,28). The summed E-state index contributed by atoms with van der Waals surface area (Å²) in [5.41, 5.74) is 5.11. The van der Waals surface area contributed by atoms with Crippen LogP contribution in [0, 0.1) is 13.8 Å². The zero-order chi connectivity index (χ0) is 21.3. The maximum atomic E-state index is 12.8.